The molecule has 0 amide bonds. The first-order valence-corrected chi connectivity index (χ1v) is 7.12. The lowest BCUT2D eigenvalue weighted by Crippen LogP contribution is -2.36. The van der Waals surface area contributed by atoms with E-state index in [0.29, 0.717) is 11.8 Å². The first kappa shape index (κ1) is 13.6. The minimum Gasteiger partial charge on any atom is -0.385 e. The van der Waals surface area contributed by atoms with Gasteiger partial charge in [-0.1, -0.05) is 26.0 Å². The van der Waals surface area contributed by atoms with Crippen molar-refractivity contribution < 1.29 is 5.11 Å². The summed E-state index contributed by atoms with van der Waals surface area (Å²) in [5.41, 5.74) is 4.39. The zero-order chi connectivity index (χ0) is 13.5. The average Bonchev–Trinajstić information content (AvgIpc) is 2.21. The molecule has 1 aromatic rings. The van der Waals surface area contributed by atoms with Gasteiger partial charge in [0.25, 0.3) is 0 Å². The van der Waals surface area contributed by atoms with Gasteiger partial charge in [-0.05, 0) is 74.1 Å². The predicted octanol–water partition coefficient (Wildman–Crippen LogP) is 4.26. The number of aryl methyl sites for hydroxylation is 3. The van der Waals surface area contributed by atoms with Gasteiger partial charge in [0.1, 0.15) is 0 Å². The molecule has 1 nitrogen and oxygen atoms in total. The van der Waals surface area contributed by atoms with Gasteiger partial charge >= 0.3 is 0 Å². The molecule has 1 aromatic carbocycles. The van der Waals surface area contributed by atoms with Crippen molar-refractivity contribution in [3.05, 3.63) is 34.4 Å². The van der Waals surface area contributed by atoms with Gasteiger partial charge in [-0.2, -0.15) is 0 Å². The lowest BCUT2D eigenvalue weighted by Gasteiger charge is -2.40. The van der Waals surface area contributed by atoms with Crippen molar-refractivity contribution in [3.8, 4) is 0 Å². The monoisotopic (exact) mass is 246 g/mol. The van der Waals surface area contributed by atoms with Gasteiger partial charge in [0, 0.05) is 0 Å². The molecular formula is C17H26O. The van der Waals surface area contributed by atoms with Crippen LogP contribution in [0.5, 0.6) is 0 Å². The van der Waals surface area contributed by atoms with E-state index in [1.807, 2.05) is 0 Å². The highest BCUT2D eigenvalue weighted by atomic mass is 16.3. The van der Waals surface area contributed by atoms with Gasteiger partial charge in [0.2, 0.25) is 0 Å². The van der Waals surface area contributed by atoms with E-state index in [2.05, 4.69) is 46.8 Å². The summed E-state index contributed by atoms with van der Waals surface area (Å²) in [6, 6.07) is 4.42. The third-order valence-electron chi connectivity index (χ3n) is 4.52. The molecule has 1 heteroatoms. The molecule has 1 fully saturated rings. The van der Waals surface area contributed by atoms with E-state index in [0.717, 1.165) is 18.4 Å². The number of hydrogen-bond acceptors (Lipinski definition) is 1. The van der Waals surface area contributed by atoms with Crippen LogP contribution in [0.25, 0.3) is 0 Å². The largest absolute Gasteiger partial charge is 0.385 e. The third kappa shape index (κ3) is 2.47. The van der Waals surface area contributed by atoms with Crippen LogP contribution < -0.4 is 0 Å². The Kier molecular flexibility index (Phi) is 3.55. The summed E-state index contributed by atoms with van der Waals surface area (Å²) in [6.07, 6.45) is 3.05. The Morgan fingerprint density at radius 1 is 0.944 bits per heavy atom. The fraction of sp³-hybridized carbons (Fsp3) is 0.647. The summed E-state index contributed by atoms with van der Waals surface area (Å²) in [5.74, 6) is 1.22. The maximum Gasteiger partial charge on any atom is 0.0904 e. The van der Waals surface area contributed by atoms with E-state index in [-0.39, 0.29) is 0 Å². The van der Waals surface area contributed by atoms with Crippen LogP contribution in [0.3, 0.4) is 0 Å². The van der Waals surface area contributed by atoms with Crippen molar-refractivity contribution in [3.63, 3.8) is 0 Å². The van der Waals surface area contributed by atoms with E-state index >= 15 is 0 Å². The van der Waals surface area contributed by atoms with Crippen LogP contribution in [0.15, 0.2) is 12.1 Å². The van der Waals surface area contributed by atoms with Crippen molar-refractivity contribution in [2.24, 2.45) is 11.8 Å². The number of benzene rings is 1. The molecule has 0 saturated heterocycles. The first-order valence-electron chi connectivity index (χ1n) is 7.12. The van der Waals surface area contributed by atoms with Gasteiger partial charge < -0.3 is 5.11 Å². The Bertz CT molecular complexity index is 437. The van der Waals surface area contributed by atoms with Gasteiger partial charge in [-0.25, -0.2) is 0 Å². The standard InChI is InChI=1S/C17H26O/c1-11-6-12(2)10-17(18,9-11)16-8-14(4)13(3)7-15(16)5/h7-8,11-12,18H,6,9-10H2,1-5H3. The summed E-state index contributed by atoms with van der Waals surface area (Å²) < 4.78 is 0. The Hall–Kier alpha value is -0.820. The molecule has 0 spiro atoms. The highest BCUT2D eigenvalue weighted by molar-refractivity contribution is 5.40. The van der Waals surface area contributed by atoms with Crippen molar-refractivity contribution in [1.82, 2.24) is 0 Å². The smallest absolute Gasteiger partial charge is 0.0904 e. The highest BCUT2D eigenvalue weighted by Gasteiger charge is 2.38. The van der Waals surface area contributed by atoms with Crippen LogP contribution in [0.1, 0.15) is 55.4 Å². The Balaban J connectivity index is 2.43. The van der Waals surface area contributed by atoms with E-state index in [4.69, 9.17) is 0 Å². The highest BCUT2D eigenvalue weighted by Crippen LogP contribution is 2.43. The zero-order valence-corrected chi connectivity index (χ0v) is 12.4. The Labute approximate surface area is 111 Å². The maximum atomic E-state index is 11.1. The van der Waals surface area contributed by atoms with Crippen LogP contribution in [0.2, 0.25) is 0 Å². The Morgan fingerprint density at radius 2 is 1.44 bits per heavy atom. The van der Waals surface area contributed by atoms with Crippen LogP contribution >= 0.6 is 0 Å². The number of hydrogen-bond donors (Lipinski definition) is 1. The lowest BCUT2D eigenvalue weighted by atomic mass is 9.69. The van der Waals surface area contributed by atoms with Crippen molar-refractivity contribution in [1.29, 1.82) is 0 Å². The maximum absolute atomic E-state index is 11.1. The fourth-order valence-electron chi connectivity index (χ4n) is 3.77. The number of aliphatic hydroxyl groups is 1. The van der Waals surface area contributed by atoms with Crippen LogP contribution in [-0.4, -0.2) is 5.11 Å². The number of rotatable bonds is 1. The van der Waals surface area contributed by atoms with Gasteiger partial charge in [0.15, 0.2) is 0 Å². The summed E-state index contributed by atoms with van der Waals surface area (Å²) in [5, 5.41) is 11.1. The van der Waals surface area contributed by atoms with Gasteiger partial charge in [0.05, 0.1) is 5.60 Å². The SMILES string of the molecule is Cc1cc(C)c(C2(O)CC(C)CC(C)C2)cc1C. The normalized spacial score (nSPS) is 32.6. The molecule has 1 N–H and O–H groups in total. The van der Waals surface area contributed by atoms with Gasteiger partial charge in [-0.15, -0.1) is 0 Å². The molecule has 1 saturated carbocycles. The van der Waals surface area contributed by atoms with Crippen molar-refractivity contribution in [2.45, 2.75) is 59.5 Å². The minimum atomic E-state index is -0.611. The van der Waals surface area contributed by atoms with Crippen LogP contribution in [0.4, 0.5) is 0 Å². The van der Waals surface area contributed by atoms with Crippen LogP contribution in [0, 0.1) is 32.6 Å². The van der Waals surface area contributed by atoms with E-state index < -0.39 is 5.60 Å². The second-order valence-electron chi connectivity index (χ2n) is 6.64. The molecule has 18 heavy (non-hydrogen) atoms. The van der Waals surface area contributed by atoms with Crippen LogP contribution in [-0.2, 0) is 5.60 Å². The molecule has 2 rings (SSSR count). The second-order valence-corrected chi connectivity index (χ2v) is 6.64. The summed E-state index contributed by atoms with van der Waals surface area (Å²) >= 11 is 0. The second kappa shape index (κ2) is 4.70. The summed E-state index contributed by atoms with van der Waals surface area (Å²) in [4.78, 5) is 0. The molecule has 1 aliphatic carbocycles. The summed E-state index contributed by atoms with van der Waals surface area (Å²) in [7, 11) is 0. The Morgan fingerprint density at radius 3 is 2.00 bits per heavy atom. The molecule has 2 unspecified atom stereocenters. The minimum absolute atomic E-state index is 0.611. The molecule has 1 aliphatic rings. The zero-order valence-electron chi connectivity index (χ0n) is 12.4. The molecule has 0 radical (unpaired) electrons. The predicted molar refractivity (Wildman–Crippen MR) is 76.7 cm³/mol. The molecule has 2 atom stereocenters. The molecule has 0 heterocycles. The lowest BCUT2D eigenvalue weighted by molar-refractivity contribution is -0.0367. The summed E-state index contributed by atoms with van der Waals surface area (Å²) in [6.45, 7) is 10.9. The van der Waals surface area contributed by atoms with Crippen molar-refractivity contribution >= 4 is 0 Å². The quantitative estimate of drug-likeness (QED) is 0.785. The van der Waals surface area contributed by atoms with E-state index in [9.17, 15) is 5.11 Å². The third-order valence-corrected chi connectivity index (χ3v) is 4.52. The topological polar surface area (TPSA) is 20.2 Å². The molecule has 0 aromatic heterocycles. The molecule has 0 aliphatic heterocycles. The molecule has 0 bridgehead atoms. The molecule has 100 valence electrons. The average molecular weight is 246 g/mol. The van der Waals surface area contributed by atoms with E-state index in [1.54, 1.807) is 0 Å². The first-order chi connectivity index (χ1) is 8.32. The van der Waals surface area contributed by atoms with Gasteiger partial charge in [-0.3, -0.25) is 0 Å². The fourth-order valence-corrected chi connectivity index (χ4v) is 3.77. The molecular weight excluding hydrogens is 220 g/mol. The van der Waals surface area contributed by atoms with Crippen molar-refractivity contribution in [2.75, 3.05) is 0 Å². The van der Waals surface area contributed by atoms with E-state index in [1.165, 1.54) is 23.1 Å².